The van der Waals surface area contributed by atoms with Crippen LogP contribution in [0, 0.1) is 0 Å². The fraction of sp³-hybridized carbons (Fsp3) is 0.909. The van der Waals surface area contributed by atoms with Gasteiger partial charge in [-0.3, -0.25) is 4.90 Å². The van der Waals surface area contributed by atoms with Gasteiger partial charge in [0.25, 0.3) is 0 Å². The summed E-state index contributed by atoms with van der Waals surface area (Å²) in [4.78, 5) is 12.3. The second kappa shape index (κ2) is 5.60. The molecule has 0 aromatic carbocycles. The van der Waals surface area contributed by atoms with Gasteiger partial charge in [0.2, 0.25) is 0 Å². The van der Waals surface area contributed by atoms with Crippen LogP contribution >= 0.6 is 0 Å². The number of halogens is 3. The molecule has 0 heterocycles. The van der Waals surface area contributed by atoms with Crippen molar-refractivity contribution in [2.24, 2.45) is 0 Å². The molecule has 1 amide bonds. The Labute approximate surface area is 98.9 Å². The predicted molar refractivity (Wildman–Crippen MR) is 56.6 cm³/mol. The highest BCUT2D eigenvalue weighted by Gasteiger charge is 2.35. The number of alkyl halides is 3. The number of hydrogen-bond donors (Lipinski definition) is 0. The van der Waals surface area contributed by atoms with Crippen molar-refractivity contribution in [3.63, 3.8) is 0 Å². The lowest BCUT2D eigenvalue weighted by Gasteiger charge is -2.28. The summed E-state index contributed by atoms with van der Waals surface area (Å²) in [6.07, 6.45) is -2.01. The third-order valence-electron chi connectivity index (χ3n) is 2.78. The molecule has 0 N–H and O–H groups in total. The van der Waals surface area contributed by atoms with Gasteiger partial charge in [0, 0.05) is 6.04 Å². The van der Waals surface area contributed by atoms with E-state index in [0.29, 0.717) is 0 Å². The highest BCUT2D eigenvalue weighted by molar-refractivity contribution is 5.68. The molecule has 100 valence electrons. The summed E-state index contributed by atoms with van der Waals surface area (Å²) in [6.45, 7) is 1.83. The van der Waals surface area contributed by atoms with Gasteiger partial charge in [-0.15, -0.1) is 0 Å². The summed E-state index contributed by atoms with van der Waals surface area (Å²) in [6, 6.07) is -0.523. The standard InChI is InChI=1S/C11H18F3NO2/c1-8(2)15(7-11(12,13)14)10(16)17-9-5-3-4-6-9/h8-9H,3-7H2,1-2H3. The summed E-state index contributed by atoms with van der Waals surface area (Å²) in [5, 5.41) is 0. The monoisotopic (exact) mass is 253 g/mol. The number of carbonyl (C=O) groups excluding carboxylic acids is 1. The van der Waals surface area contributed by atoms with Crippen LogP contribution in [-0.2, 0) is 4.74 Å². The molecule has 17 heavy (non-hydrogen) atoms. The van der Waals surface area contributed by atoms with E-state index in [9.17, 15) is 18.0 Å². The van der Waals surface area contributed by atoms with Gasteiger partial charge in [-0.05, 0) is 39.5 Å². The number of ether oxygens (including phenoxy) is 1. The molecule has 0 unspecified atom stereocenters. The Morgan fingerprint density at radius 2 is 1.88 bits per heavy atom. The van der Waals surface area contributed by atoms with E-state index in [1.165, 1.54) is 0 Å². The predicted octanol–water partition coefficient (Wildman–Crippen LogP) is 3.34. The molecule has 0 saturated heterocycles. The zero-order valence-electron chi connectivity index (χ0n) is 10.1. The molecule has 1 fully saturated rings. The fourth-order valence-electron chi connectivity index (χ4n) is 1.87. The summed E-state index contributed by atoms with van der Waals surface area (Å²) >= 11 is 0. The molecule has 0 aliphatic heterocycles. The average Bonchev–Trinajstić information content (AvgIpc) is 2.64. The maximum Gasteiger partial charge on any atom is 0.410 e. The minimum atomic E-state index is -4.39. The summed E-state index contributed by atoms with van der Waals surface area (Å²) in [5.74, 6) is 0. The molecule has 0 atom stereocenters. The molecule has 1 aliphatic rings. The minimum Gasteiger partial charge on any atom is -0.446 e. The highest BCUT2D eigenvalue weighted by Crippen LogP contribution is 2.23. The fourth-order valence-corrected chi connectivity index (χ4v) is 1.87. The van der Waals surface area contributed by atoms with Gasteiger partial charge in [0.1, 0.15) is 12.6 Å². The molecule has 3 nitrogen and oxygen atoms in total. The van der Waals surface area contributed by atoms with Crippen LogP contribution in [0.25, 0.3) is 0 Å². The van der Waals surface area contributed by atoms with Crippen molar-refractivity contribution in [1.29, 1.82) is 0 Å². The van der Waals surface area contributed by atoms with Crippen molar-refractivity contribution in [3.05, 3.63) is 0 Å². The average molecular weight is 253 g/mol. The normalized spacial score (nSPS) is 17.5. The van der Waals surface area contributed by atoms with Crippen molar-refractivity contribution < 1.29 is 22.7 Å². The Morgan fingerprint density at radius 1 is 1.35 bits per heavy atom. The Hall–Kier alpha value is -0.940. The third kappa shape index (κ3) is 4.83. The van der Waals surface area contributed by atoms with E-state index in [-0.39, 0.29) is 6.10 Å². The topological polar surface area (TPSA) is 29.5 Å². The van der Waals surface area contributed by atoms with Gasteiger partial charge in [0.15, 0.2) is 0 Å². The molecule has 1 rings (SSSR count). The van der Waals surface area contributed by atoms with Crippen LogP contribution < -0.4 is 0 Å². The number of carbonyl (C=O) groups is 1. The molecule has 1 aliphatic carbocycles. The van der Waals surface area contributed by atoms with E-state index in [4.69, 9.17) is 4.74 Å². The van der Waals surface area contributed by atoms with Gasteiger partial charge in [0.05, 0.1) is 0 Å². The van der Waals surface area contributed by atoms with Crippen LogP contribution in [0.3, 0.4) is 0 Å². The SMILES string of the molecule is CC(C)N(CC(F)(F)F)C(=O)OC1CCCC1. The molecule has 0 spiro atoms. The molecular weight excluding hydrogens is 235 g/mol. The maximum atomic E-state index is 12.3. The second-order valence-corrected chi connectivity index (χ2v) is 4.63. The van der Waals surface area contributed by atoms with Crippen molar-refractivity contribution in [1.82, 2.24) is 4.90 Å². The van der Waals surface area contributed by atoms with Crippen molar-refractivity contribution >= 4 is 6.09 Å². The minimum absolute atomic E-state index is 0.211. The number of rotatable bonds is 3. The smallest absolute Gasteiger partial charge is 0.410 e. The molecule has 0 aromatic heterocycles. The van der Waals surface area contributed by atoms with Gasteiger partial charge in [-0.25, -0.2) is 4.79 Å². The van der Waals surface area contributed by atoms with E-state index in [1.54, 1.807) is 13.8 Å². The zero-order valence-corrected chi connectivity index (χ0v) is 10.1. The molecule has 0 radical (unpaired) electrons. The zero-order chi connectivity index (χ0) is 13.1. The van der Waals surface area contributed by atoms with E-state index in [0.717, 1.165) is 30.6 Å². The van der Waals surface area contributed by atoms with Crippen LogP contribution in [0.4, 0.5) is 18.0 Å². The van der Waals surface area contributed by atoms with Crippen LogP contribution in [0.5, 0.6) is 0 Å². The summed E-state index contributed by atoms with van der Waals surface area (Å²) in [5.41, 5.74) is 0. The molecule has 0 aromatic rings. The second-order valence-electron chi connectivity index (χ2n) is 4.63. The summed E-state index contributed by atoms with van der Waals surface area (Å²) in [7, 11) is 0. The van der Waals surface area contributed by atoms with Crippen molar-refractivity contribution in [2.75, 3.05) is 6.54 Å². The maximum absolute atomic E-state index is 12.3. The largest absolute Gasteiger partial charge is 0.446 e. The van der Waals surface area contributed by atoms with E-state index in [2.05, 4.69) is 0 Å². The Bertz CT molecular complexity index is 260. The van der Waals surface area contributed by atoms with E-state index < -0.39 is 24.9 Å². The number of nitrogens with zero attached hydrogens (tertiary/aromatic N) is 1. The lowest BCUT2D eigenvalue weighted by atomic mass is 10.3. The Morgan fingerprint density at radius 3 is 2.29 bits per heavy atom. The van der Waals surface area contributed by atoms with Crippen LogP contribution in [0.1, 0.15) is 39.5 Å². The van der Waals surface area contributed by atoms with Crippen molar-refractivity contribution in [2.45, 2.75) is 57.9 Å². The van der Waals surface area contributed by atoms with E-state index in [1.807, 2.05) is 0 Å². The molecule has 6 heteroatoms. The first-order valence-corrected chi connectivity index (χ1v) is 5.83. The first-order valence-electron chi connectivity index (χ1n) is 5.83. The quantitative estimate of drug-likeness (QED) is 0.772. The van der Waals surface area contributed by atoms with Gasteiger partial charge in [-0.2, -0.15) is 13.2 Å². The van der Waals surface area contributed by atoms with Crippen molar-refractivity contribution in [3.8, 4) is 0 Å². The highest BCUT2D eigenvalue weighted by atomic mass is 19.4. The Kier molecular flexibility index (Phi) is 4.65. The van der Waals surface area contributed by atoms with E-state index >= 15 is 0 Å². The lowest BCUT2D eigenvalue weighted by molar-refractivity contribution is -0.146. The molecule has 1 saturated carbocycles. The number of amides is 1. The lowest BCUT2D eigenvalue weighted by Crippen LogP contribution is -2.44. The first-order chi connectivity index (χ1) is 7.79. The van der Waals surface area contributed by atoms with Gasteiger partial charge < -0.3 is 4.74 Å². The van der Waals surface area contributed by atoms with Gasteiger partial charge >= 0.3 is 12.3 Å². The molecule has 0 bridgehead atoms. The Balaban J connectivity index is 2.54. The van der Waals surface area contributed by atoms with Crippen LogP contribution in [0.2, 0.25) is 0 Å². The third-order valence-corrected chi connectivity index (χ3v) is 2.78. The first kappa shape index (κ1) is 14.1. The van der Waals surface area contributed by atoms with Gasteiger partial charge in [-0.1, -0.05) is 0 Å². The van der Waals surface area contributed by atoms with Crippen LogP contribution in [-0.4, -0.2) is 35.9 Å². The number of hydrogen-bond acceptors (Lipinski definition) is 2. The summed E-state index contributed by atoms with van der Waals surface area (Å²) < 4.78 is 41.9. The molecular formula is C11H18F3NO2. The van der Waals surface area contributed by atoms with Crippen LogP contribution in [0.15, 0.2) is 0 Å².